The molecule has 0 unspecified atom stereocenters. The lowest BCUT2D eigenvalue weighted by Crippen LogP contribution is -1.90. The zero-order valence-electron chi connectivity index (χ0n) is 11.3. The van der Waals surface area contributed by atoms with E-state index in [0.717, 1.165) is 11.1 Å². The number of methoxy groups -OCH3 is 2. The summed E-state index contributed by atoms with van der Waals surface area (Å²) < 4.78 is 10.2. The van der Waals surface area contributed by atoms with Crippen LogP contribution in [-0.4, -0.2) is 24.4 Å². The predicted octanol–water partition coefficient (Wildman–Crippen LogP) is 3.29. The molecule has 2 N–H and O–H groups in total. The summed E-state index contributed by atoms with van der Waals surface area (Å²) in [5, 5.41) is 19.1. The number of rotatable bonds is 4. The van der Waals surface area contributed by atoms with Crippen LogP contribution in [-0.2, 0) is 0 Å². The van der Waals surface area contributed by atoms with Crippen molar-refractivity contribution in [2.24, 2.45) is 0 Å². The first-order valence-electron chi connectivity index (χ1n) is 6.06. The van der Waals surface area contributed by atoms with Gasteiger partial charge < -0.3 is 19.7 Å². The van der Waals surface area contributed by atoms with Crippen LogP contribution in [0.25, 0.3) is 12.2 Å². The van der Waals surface area contributed by atoms with Gasteiger partial charge >= 0.3 is 0 Å². The Bertz CT molecular complexity index is 590. The monoisotopic (exact) mass is 272 g/mol. The fourth-order valence-electron chi connectivity index (χ4n) is 1.79. The van der Waals surface area contributed by atoms with Gasteiger partial charge in [0.15, 0.2) is 11.5 Å². The molecule has 0 radical (unpaired) electrons. The normalized spacial score (nSPS) is 10.7. The van der Waals surface area contributed by atoms with Crippen molar-refractivity contribution in [3.63, 3.8) is 0 Å². The Hall–Kier alpha value is -2.62. The molecule has 0 heterocycles. The number of hydrogen-bond donors (Lipinski definition) is 2. The van der Waals surface area contributed by atoms with Crippen molar-refractivity contribution in [1.82, 2.24) is 0 Å². The quantitative estimate of drug-likeness (QED) is 0.838. The number of phenolic OH excluding ortho intramolecular Hbond substituents is 2. The van der Waals surface area contributed by atoms with Gasteiger partial charge in [0, 0.05) is 0 Å². The average Bonchev–Trinajstić information content (AvgIpc) is 2.47. The second-order valence-corrected chi connectivity index (χ2v) is 4.20. The summed E-state index contributed by atoms with van der Waals surface area (Å²) in [4.78, 5) is 0. The van der Waals surface area contributed by atoms with Crippen LogP contribution in [0.1, 0.15) is 11.1 Å². The van der Waals surface area contributed by atoms with Crippen molar-refractivity contribution >= 4 is 12.2 Å². The van der Waals surface area contributed by atoms with E-state index in [1.54, 1.807) is 36.4 Å². The highest BCUT2D eigenvalue weighted by Crippen LogP contribution is 2.37. The number of hydrogen-bond acceptors (Lipinski definition) is 4. The van der Waals surface area contributed by atoms with Crippen LogP contribution in [0.4, 0.5) is 0 Å². The molecule has 0 spiro atoms. The van der Waals surface area contributed by atoms with E-state index in [0.29, 0.717) is 11.5 Å². The average molecular weight is 272 g/mol. The minimum Gasteiger partial charge on any atom is -0.508 e. The lowest BCUT2D eigenvalue weighted by Gasteiger charge is -2.09. The van der Waals surface area contributed by atoms with E-state index in [-0.39, 0.29) is 11.5 Å². The maximum Gasteiger partial charge on any atom is 0.200 e. The van der Waals surface area contributed by atoms with Crippen molar-refractivity contribution in [1.29, 1.82) is 0 Å². The van der Waals surface area contributed by atoms with E-state index in [4.69, 9.17) is 9.47 Å². The Labute approximate surface area is 117 Å². The van der Waals surface area contributed by atoms with Crippen LogP contribution in [0, 0.1) is 0 Å². The molecule has 0 amide bonds. The maximum absolute atomic E-state index is 9.83. The molecule has 0 saturated heterocycles. The van der Waals surface area contributed by atoms with Gasteiger partial charge in [-0.15, -0.1) is 0 Å². The van der Waals surface area contributed by atoms with Crippen LogP contribution < -0.4 is 9.47 Å². The predicted molar refractivity (Wildman–Crippen MR) is 78.2 cm³/mol. The molecule has 0 fully saturated rings. The molecule has 2 aromatic rings. The van der Waals surface area contributed by atoms with Crippen LogP contribution in [0.5, 0.6) is 23.0 Å². The van der Waals surface area contributed by atoms with Crippen LogP contribution in [0.3, 0.4) is 0 Å². The Kier molecular flexibility index (Phi) is 4.15. The molecule has 0 aliphatic rings. The molecular formula is C16H16O4. The third-order valence-electron chi connectivity index (χ3n) is 2.86. The smallest absolute Gasteiger partial charge is 0.200 e. The van der Waals surface area contributed by atoms with Crippen molar-refractivity contribution in [3.8, 4) is 23.0 Å². The van der Waals surface area contributed by atoms with E-state index in [1.807, 2.05) is 12.2 Å². The summed E-state index contributed by atoms with van der Waals surface area (Å²) in [6.07, 6.45) is 3.77. The molecule has 4 nitrogen and oxygen atoms in total. The minimum atomic E-state index is -0.0169. The molecule has 0 aliphatic carbocycles. The lowest BCUT2D eigenvalue weighted by atomic mass is 10.1. The third kappa shape index (κ3) is 3.03. The first kappa shape index (κ1) is 13.8. The largest absolute Gasteiger partial charge is 0.508 e. The molecule has 2 rings (SSSR count). The molecule has 2 aromatic carbocycles. The number of aromatic hydroxyl groups is 2. The van der Waals surface area contributed by atoms with Gasteiger partial charge in [0.2, 0.25) is 5.75 Å². The first-order valence-corrected chi connectivity index (χ1v) is 6.06. The Morgan fingerprint density at radius 3 is 1.80 bits per heavy atom. The Morgan fingerprint density at radius 1 is 0.800 bits per heavy atom. The van der Waals surface area contributed by atoms with Gasteiger partial charge in [-0.3, -0.25) is 0 Å². The van der Waals surface area contributed by atoms with Gasteiger partial charge in [-0.1, -0.05) is 24.3 Å². The molecule has 0 saturated carbocycles. The third-order valence-corrected chi connectivity index (χ3v) is 2.86. The molecule has 4 heteroatoms. The standard InChI is InChI=1S/C16H16O4/c1-19-14-9-12(10-15(20-2)16(14)18)4-3-11-5-7-13(17)8-6-11/h3-10,17-18H,1-2H3/b4-3+. The van der Waals surface area contributed by atoms with Crippen molar-refractivity contribution < 1.29 is 19.7 Å². The first-order chi connectivity index (χ1) is 9.63. The van der Waals surface area contributed by atoms with Gasteiger partial charge in [0.25, 0.3) is 0 Å². The van der Waals surface area contributed by atoms with E-state index in [1.165, 1.54) is 14.2 Å². The summed E-state index contributed by atoms with van der Waals surface area (Å²) in [6.45, 7) is 0. The van der Waals surface area contributed by atoms with E-state index in [9.17, 15) is 10.2 Å². The molecule has 0 aromatic heterocycles. The van der Waals surface area contributed by atoms with Gasteiger partial charge in [-0.25, -0.2) is 0 Å². The molecule has 0 aliphatic heterocycles. The summed E-state index contributed by atoms with van der Waals surface area (Å²) in [5.74, 6) is 0.927. The number of ether oxygens (including phenoxy) is 2. The van der Waals surface area contributed by atoms with E-state index >= 15 is 0 Å². The minimum absolute atomic E-state index is 0.0169. The molecule has 0 atom stereocenters. The topological polar surface area (TPSA) is 58.9 Å². The second-order valence-electron chi connectivity index (χ2n) is 4.20. The van der Waals surface area contributed by atoms with Crippen LogP contribution >= 0.6 is 0 Å². The van der Waals surface area contributed by atoms with Crippen molar-refractivity contribution in [2.45, 2.75) is 0 Å². The summed E-state index contributed by atoms with van der Waals surface area (Å²) in [7, 11) is 2.98. The lowest BCUT2D eigenvalue weighted by molar-refractivity contribution is 0.340. The highest BCUT2D eigenvalue weighted by atomic mass is 16.5. The van der Waals surface area contributed by atoms with Gasteiger partial charge in [0.1, 0.15) is 5.75 Å². The van der Waals surface area contributed by atoms with Crippen molar-refractivity contribution in [2.75, 3.05) is 14.2 Å². The summed E-state index contributed by atoms with van der Waals surface area (Å²) >= 11 is 0. The zero-order valence-corrected chi connectivity index (χ0v) is 11.3. The second kappa shape index (κ2) is 6.02. The van der Waals surface area contributed by atoms with Crippen LogP contribution in [0.2, 0.25) is 0 Å². The van der Waals surface area contributed by atoms with Crippen LogP contribution in [0.15, 0.2) is 36.4 Å². The van der Waals surface area contributed by atoms with Gasteiger partial charge in [-0.05, 0) is 35.4 Å². The molecular weight excluding hydrogens is 256 g/mol. The van der Waals surface area contributed by atoms with Gasteiger partial charge in [0.05, 0.1) is 14.2 Å². The molecule has 20 heavy (non-hydrogen) atoms. The molecule has 104 valence electrons. The summed E-state index contributed by atoms with van der Waals surface area (Å²) in [5.41, 5.74) is 1.79. The molecule has 0 bridgehead atoms. The van der Waals surface area contributed by atoms with Gasteiger partial charge in [-0.2, -0.15) is 0 Å². The fourth-order valence-corrected chi connectivity index (χ4v) is 1.79. The maximum atomic E-state index is 9.83. The number of benzene rings is 2. The van der Waals surface area contributed by atoms with E-state index < -0.39 is 0 Å². The SMILES string of the molecule is COc1cc(/C=C/c2ccc(O)cc2)cc(OC)c1O. The van der Waals surface area contributed by atoms with E-state index in [2.05, 4.69) is 0 Å². The highest BCUT2D eigenvalue weighted by Gasteiger charge is 2.09. The zero-order chi connectivity index (χ0) is 14.5. The Balaban J connectivity index is 2.31. The summed E-state index contributed by atoms with van der Waals surface area (Å²) in [6, 6.07) is 10.3. The Morgan fingerprint density at radius 2 is 1.30 bits per heavy atom. The highest BCUT2D eigenvalue weighted by molar-refractivity contribution is 5.72. The van der Waals surface area contributed by atoms with Crippen molar-refractivity contribution in [3.05, 3.63) is 47.5 Å². The number of phenols is 2. The fraction of sp³-hybridized carbons (Fsp3) is 0.125.